The van der Waals surface area contributed by atoms with Gasteiger partial charge < -0.3 is 9.64 Å². The summed E-state index contributed by atoms with van der Waals surface area (Å²) in [6, 6.07) is 0. The third-order valence-electron chi connectivity index (χ3n) is 5.89. The number of hydrogen-bond acceptors (Lipinski definition) is 6. The van der Waals surface area contributed by atoms with Crippen LogP contribution in [0.2, 0.25) is 0 Å². The second-order valence-corrected chi connectivity index (χ2v) is 7.40. The van der Waals surface area contributed by atoms with E-state index in [9.17, 15) is 4.79 Å². The number of carbonyl (C=O) groups is 1. The fourth-order valence-electron chi connectivity index (χ4n) is 4.64. The zero-order valence-corrected chi connectivity index (χ0v) is 15.1. The number of anilines is 1. The molecule has 2 fully saturated rings. The van der Waals surface area contributed by atoms with Gasteiger partial charge in [0.1, 0.15) is 11.4 Å². The van der Waals surface area contributed by atoms with Crippen LogP contribution < -0.4 is 4.90 Å². The molecule has 0 N–H and O–H groups in total. The van der Waals surface area contributed by atoms with E-state index in [4.69, 9.17) is 9.73 Å². The average molecular weight is 343 g/mol. The first kappa shape index (κ1) is 16.4. The number of aliphatic imine (C=N–C) groups is 1. The molecule has 7 nitrogen and oxygen atoms in total. The third-order valence-corrected chi connectivity index (χ3v) is 5.89. The number of ether oxygens (including phenoxy) is 1. The lowest BCUT2D eigenvalue weighted by molar-refractivity contribution is -0.132. The van der Waals surface area contributed by atoms with Crippen LogP contribution in [0.5, 0.6) is 0 Å². The second kappa shape index (κ2) is 6.05. The molecule has 1 saturated heterocycles. The number of methoxy groups -OCH3 is 1. The number of nitrogens with zero attached hydrogens (tertiary/aromatic N) is 5. The van der Waals surface area contributed by atoms with Gasteiger partial charge in [-0.05, 0) is 38.2 Å². The van der Waals surface area contributed by atoms with E-state index in [1.807, 2.05) is 26.2 Å². The zero-order valence-electron chi connectivity index (χ0n) is 15.1. The summed E-state index contributed by atoms with van der Waals surface area (Å²) < 4.78 is 5.15. The molecule has 3 atom stereocenters. The smallest absolute Gasteiger partial charge is 0.256 e. The predicted molar refractivity (Wildman–Crippen MR) is 94.6 cm³/mol. The highest BCUT2D eigenvalue weighted by Gasteiger charge is 2.60. The van der Waals surface area contributed by atoms with E-state index in [1.165, 1.54) is 0 Å². The van der Waals surface area contributed by atoms with E-state index in [0.29, 0.717) is 19.1 Å². The largest absolute Gasteiger partial charge is 0.383 e. The number of aromatic nitrogens is 2. The number of fused-ring (bicyclic) bond motifs is 2. The molecule has 3 aliphatic rings. The van der Waals surface area contributed by atoms with Crippen molar-refractivity contribution >= 4 is 17.7 Å². The number of hydrogen-bond donors (Lipinski definition) is 0. The highest BCUT2D eigenvalue weighted by atomic mass is 16.5. The molecule has 7 heteroatoms. The van der Waals surface area contributed by atoms with Crippen LogP contribution >= 0.6 is 0 Å². The Hall–Kier alpha value is -2.02. The molecule has 1 aromatic heterocycles. The van der Waals surface area contributed by atoms with Crippen molar-refractivity contribution in [2.24, 2.45) is 16.8 Å². The van der Waals surface area contributed by atoms with Crippen LogP contribution in [0.25, 0.3) is 0 Å². The van der Waals surface area contributed by atoms with Gasteiger partial charge in [-0.1, -0.05) is 0 Å². The maximum Gasteiger partial charge on any atom is 0.256 e. The summed E-state index contributed by atoms with van der Waals surface area (Å²) in [5.41, 5.74) is 0.474. The third kappa shape index (κ3) is 2.52. The first-order valence-corrected chi connectivity index (χ1v) is 8.96. The number of rotatable bonds is 4. The van der Waals surface area contributed by atoms with E-state index in [2.05, 4.69) is 14.9 Å². The summed E-state index contributed by atoms with van der Waals surface area (Å²) in [5, 5.41) is 0. The topological polar surface area (TPSA) is 70.9 Å². The Kier molecular flexibility index (Phi) is 3.98. The molecule has 25 heavy (non-hydrogen) atoms. The van der Waals surface area contributed by atoms with Crippen molar-refractivity contribution in [3.8, 4) is 0 Å². The molecule has 2 aliphatic heterocycles. The Labute approximate surface area is 148 Å². The minimum absolute atomic E-state index is 0.154. The van der Waals surface area contributed by atoms with Crippen molar-refractivity contribution in [1.82, 2.24) is 14.9 Å². The van der Waals surface area contributed by atoms with Crippen molar-refractivity contribution in [2.45, 2.75) is 32.2 Å². The minimum Gasteiger partial charge on any atom is -0.383 e. The maximum atomic E-state index is 13.2. The van der Waals surface area contributed by atoms with Crippen molar-refractivity contribution in [3.05, 3.63) is 18.0 Å². The molecule has 1 aliphatic carbocycles. The van der Waals surface area contributed by atoms with E-state index in [0.717, 1.165) is 43.3 Å². The number of amidine groups is 1. The normalized spacial score (nSPS) is 31.2. The molecule has 3 heterocycles. The number of aryl methyl sites for hydroxylation is 1. The van der Waals surface area contributed by atoms with Crippen LogP contribution in [0, 0.1) is 18.8 Å². The Morgan fingerprint density at radius 2 is 2.04 bits per heavy atom. The molecule has 0 bridgehead atoms. The van der Waals surface area contributed by atoms with Crippen molar-refractivity contribution < 1.29 is 9.53 Å². The molecule has 1 saturated carbocycles. The quantitative estimate of drug-likeness (QED) is 0.823. The summed E-state index contributed by atoms with van der Waals surface area (Å²) >= 11 is 0. The molecule has 1 amide bonds. The predicted octanol–water partition coefficient (Wildman–Crippen LogP) is 1.28. The lowest BCUT2D eigenvalue weighted by atomic mass is 9.85. The fourth-order valence-corrected chi connectivity index (χ4v) is 4.64. The monoisotopic (exact) mass is 343 g/mol. The first-order valence-electron chi connectivity index (χ1n) is 8.96. The van der Waals surface area contributed by atoms with Crippen LogP contribution in [0.1, 0.15) is 25.3 Å². The van der Waals surface area contributed by atoms with Gasteiger partial charge in [-0.3, -0.25) is 14.7 Å². The van der Waals surface area contributed by atoms with Crippen molar-refractivity contribution in [3.63, 3.8) is 0 Å². The Morgan fingerprint density at radius 3 is 2.76 bits per heavy atom. The van der Waals surface area contributed by atoms with Crippen molar-refractivity contribution in [2.75, 3.05) is 38.3 Å². The van der Waals surface area contributed by atoms with Gasteiger partial charge >= 0.3 is 0 Å². The van der Waals surface area contributed by atoms with Crippen LogP contribution in [0.4, 0.5) is 5.95 Å². The van der Waals surface area contributed by atoms with Crippen LogP contribution in [-0.2, 0) is 9.53 Å². The van der Waals surface area contributed by atoms with Gasteiger partial charge in [-0.2, -0.15) is 0 Å². The van der Waals surface area contributed by atoms with Gasteiger partial charge in [-0.15, -0.1) is 0 Å². The average Bonchev–Trinajstić information content (AvgIpc) is 3.23. The number of carbonyl (C=O) groups excluding carboxylic acids is 1. The molecule has 0 unspecified atom stereocenters. The first-order chi connectivity index (χ1) is 12.0. The summed E-state index contributed by atoms with van der Waals surface area (Å²) in [6.45, 7) is 6.75. The van der Waals surface area contributed by atoms with Gasteiger partial charge in [-0.25, -0.2) is 9.97 Å². The summed E-state index contributed by atoms with van der Waals surface area (Å²) in [5.74, 6) is 2.46. The summed E-state index contributed by atoms with van der Waals surface area (Å²) in [6.07, 6.45) is 5.58. The molecule has 134 valence electrons. The molecule has 4 rings (SSSR count). The van der Waals surface area contributed by atoms with Crippen LogP contribution in [0.3, 0.4) is 0 Å². The molecular formula is C18H25N5O2. The SMILES string of the molecule is COCCN1C(=O)[C@@]2(CC[C@H]3CN(c4ncc(C)cn4)C[C@H]32)N=C1C. The fraction of sp³-hybridized carbons (Fsp3) is 0.667. The minimum atomic E-state index is -0.581. The van der Waals surface area contributed by atoms with E-state index >= 15 is 0 Å². The maximum absolute atomic E-state index is 13.2. The second-order valence-electron chi connectivity index (χ2n) is 7.40. The standard InChI is InChI=1S/C18H25N5O2/c1-12-8-19-17(20-9-12)22-10-14-4-5-18(15(14)11-22)16(24)23(6-7-25-3)13(2)21-18/h8-9,14-15H,4-7,10-11H2,1-3H3/t14-,15+,18-/m0/s1. The number of amides is 1. The van der Waals surface area contributed by atoms with E-state index in [-0.39, 0.29) is 11.8 Å². The lowest BCUT2D eigenvalue weighted by Crippen LogP contribution is -2.47. The molecule has 1 aromatic rings. The highest BCUT2D eigenvalue weighted by Crippen LogP contribution is 2.50. The Bertz CT molecular complexity index is 704. The van der Waals surface area contributed by atoms with Gasteiger partial charge in [0.2, 0.25) is 5.95 Å². The van der Waals surface area contributed by atoms with Crippen LogP contribution in [-0.4, -0.2) is 65.5 Å². The van der Waals surface area contributed by atoms with Gasteiger partial charge in [0.05, 0.1) is 13.2 Å². The van der Waals surface area contributed by atoms with Crippen molar-refractivity contribution in [1.29, 1.82) is 0 Å². The molecule has 0 radical (unpaired) electrons. The van der Waals surface area contributed by atoms with E-state index in [1.54, 1.807) is 12.0 Å². The Morgan fingerprint density at radius 1 is 1.28 bits per heavy atom. The zero-order chi connectivity index (χ0) is 17.6. The van der Waals surface area contributed by atoms with Gasteiger partial charge in [0.25, 0.3) is 5.91 Å². The lowest BCUT2D eigenvalue weighted by Gasteiger charge is -2.28. The summed E-state index contributed by atoms with van der Waals surface area (Å²) in [7, 11) is 1.66. The summed E-state index contributed by atoms with van der Waals surface area (Å²) in [4.78, 5) is 31.0. The van der Waals surface area contributed by atoms with Crippen LogP contribution in [0.15, 0.2) is 17.4 Å². The van der Waals surface area contributed by atoms with E-state index < -0.39 is 5.54 Å². The molecule has 1 spiro atoms. The van der Waals surface area contributed by atoms with Gasteiger partial charge in [0.15, 0.2) is 0 Å². The highest BCUT2D eigenvalue weighted by molar-refractivity contribution is 6.07. The Balaban J connectivity index is 1.56. The molecular weight excluding hydrogens is 318 g/mol. The van der Waals surface area contributed by atoms with Gasteiger partial charge in [0, 0.05) is 38.5 Å². The molecule has 0 aromatic carbocycles.